The van der Waals surface area contributed by atoms with Crippen LogP contribution in [0, 0.1) is 16.0 Å². The largest absolute Gasteiger partial charge is 0.368 e. The Kier molecular flexibility index (Phi) is 6.59. The van der Waals surface area contributed by atoms with Crippen LogP contribution in [0.5, 0.6) is 0 Å². The fourth-order valence-corrected chi connectivity index (χ4v) is 3.66. The van der Waals surface area contributed by atoms with E-state index in [0.29, 0.717) is 23.5 Å². The van der Waals surface area contributed by atoms with Crippen LogP contribution in [0.3, 0.4) is 0 Å². The van der Waals surface area contributed by atoms with Gasteiger partial charge in [0.25, 0.3) is 5.69 Å². The predicted molar refractivity (Wildman–Crippen MR) is 113 cm³/mol. The highest BCUT2D eigenvalue weighted by atomic mass is 16.6. The zero-order valence-corrected chi connectivity index (χ0v) is 16.8. The van der Waals surface area contributed by atoms with Crippen LogP contribution < -0.4 is 5.32 Å². The topological polar surface area (TPSA) is 74.5 Å². The van der Waals surface area contributed by atoms with E-state index in [0.717, 1.165) is 38.3 Å². The molecule has 150 valence electrons. The molecule has 2 aromatic rings. The molecule has 1 unspecified atom stereocenters. The highest BCUT2D eigenvalue weighted by Crippen LogP contribution is 2.29. The summed E-state index contributed by atoms with van der Waals surface area (Å²) in [5, 5.41) is 14.9. The lowest BCUT2D eigenvalue weighted by Crippen LogP contribution is -2.52. The molecule has 1 aromatic carbocycles. The third-order valence-electron chi connectivity index (χ3n) is 5.39. The van der Waals surface area contributed by atoms with Crippen LogP contribution in [0.4, 0.5) is 11.5 Å². The first kappa shape index (κ1) is 20.2. The standard InChI is InChI=1S/C21H29N5O2/c1-16(2)19(25-13-11-24(3)12-14-25)15-22-20-10-9-18(26(27)28)21(23-20)17-7-5-4-6-8-17/h4-10,16,19H,11-15H2,1-3H3,(H,22,23). The number of benzene rings is 1. The van der Waals surface area contributed by atoms with Crippen LogP contribution >= 0.6 is 0 Å². The van der Waals surface area contributed by atoms with Gasteiger partial charge in [0.2, 0.25) is 0 Å². The van der Waals surface area contributed by atoms with Gasteiger partial charge in [0.05, 0.1) is 4.92 Å². The number of likely N-dealkylation sites (N-methyl/N-ethyl adjacent to an activating group) is 1. The van der Waals surface area contributed by atoms with Crippen molar-refractivity contribution in [3.8, 4) is 11.3 Å². The lowest BCUT2D eigenvalue weighted by molar-refractivity contribution is -0.384. The summed E-state index contributed by atoms with van der Waals surface area (Å²) in [6, 6.07) is 12.9. The van der Waals surface area contributed by atoms with Crippen LogP contribution in [0.25, 0.3) is 11.3 Å². The van der Waals surface area contributed by atoms with Crippen LogP contribution in [-0.2, 0) is 0 Å². The summed E-state index contributed by atoms with van der Waals surface area (Å²) >= 11 is 0. The van der Waals surface area contributed by atoms with E-state index < -0.39 is 0 Å². The minimum Gasteiger partial charge on any atom is -0.368 e. The molecular formula is C21H29N5O2. The van der Waals surface area contributed by atoms with E-state index in [1.54, 1.807) is 6.07 Å². The molecule has 7 heteroatoms. The number of nitrogens with zero attached hydrogens (tertiary/aromatic N) is 4. The van der Waals surface area contributed by atoms with E-state index in [1.165, 1.54) is 6.07 Å². The van der Waals surface area contributed by atoms with Gasteiger partial charge in [0, 0.05) is 50.4 Å². The van der Waals surface area contributed by atoms with Crippen molar-refractivity contribution in [2.45, 2.75) is 19.9 Å². The lowest BCUT2D eigenvalue weighted by Gasteiger charge is -2.40. The average molecular weight is 383 g/mol. The SMILES string of the molecule is CC(C)C(CNc1ccc([N+](=O)[O-])c(-c2ccccc2)n1)N1CCN(C)CC1. The second-order valence-electron chi connectivity index (χ2n) is 7.72. The molecule has 1 atom stereocenters. The van der Waals surface area contributed by atoms with Crippen LogP contribution in [0.1, 0.15) is 13.8 Å². The minimum atomic E-state index is -0.375. The Morgan fingerprint density at radius 1 is 1.11 bits per heavy atom. The van der Waals surface area contributed by atoms with Crippen molar-refractivity contribution in [1.29, 1.82) is 0 Å². The maximum absolute atomic E-state index is 11.4. The van der Waals surface area contributed by atoms with Crippen LogP contribution in [-0.4, -0.2) is 65.5 Å². The molecule has 2 heterocycles. The van der Waals surface area contributed by atoms with Gasteiger partial charge in [-0.2, -0.15) is 0 Å². The molecule has 1 N–H and O–H groups in total. The maximum atomic E-state index is 11.4. The van der Waals surface area contributed by atoms with Crippen molar-refractivity contribution in [2.75, 3.05) is 45.1 Å². The van der Waals surface area contributed by atoms with Gasteiger partial charge in [0.1, 0.15) is 5.82 Å². The summed E-state index contributed by atoms with van der Waals surface area (Å²) < 4.78 is 0. The van der Waals surface area contributed by atoms with E-state index >= 15 is 0 Å². The Morgan fingerprint density at radius 2 is 1.79 bits per heavy atom. The smallest absolute Gasteiger partial charge is 0.295 e. The molecule has 1 aliphatic rings. The minimum absolute atomic E-state index is 0.0243. The molecule has 1 fully saturated rings. The monoisotopic (exact) mass is 383 g/mol. The molecule has 7 nitrogen and oxygen atoms in total. The molecule has 1 aromatic heterocycles. The fourth-order valence-electron chi connectivity index (χ4n) is 3.66. The first-order valence-electron chi connectivity index (χ1n) is 9.83. The quantitative estimate of drug-likeness (QED) is 0.584. The lowest BCUT2D eigenvalue weighted by atomic mass is 10.0. The van der Waals surface area contributed by atoms with E-state index in [4.69, 9.17) is 0 Å². The highest BCUT2D eigenvalue weighted by molar-refractivity contribution is 5.71. The van der Waals surface area contributed by atoms with Crippen molar-refractivity contribution < 1.29 is 4.92 Å². The number of piperazine rings is 1. The fraction of sp³-hybridized carbons (Fsp3) is 0.476. The number of nitro groups is 1. The molecule has 0 bridgehead atoms. The summed E-state index contributed by atoms with van der Waals surface area (Å²) in [6.07, 6.45) is 0. The third-order valence-corrected chi connectivity index (χ3v) is 5.39. The molecular weight excluding hydrogens is 354 g/mol. The van der Waals surface area contributed by atoms with Gasteiger partial charge in [0.15, 0.2) is 5.69 Å². The Morgan fingerprint density at radius 3 is 2.39 bits per heavy atom. The summed E-state index contributed by atoms with van der Waals surface area (Å²) in [5.74, 6) is 1.17. The van der Waals surface area contributed by atoms with Gasteiger partial charge in [-0.1, -0.05) is 44.2 Å². The van der Waals surface area contributed by atoms with Gasteiger partial charge < -0.3 is 10.2 Å². The summed E-state index contributed by atoms with van der Waals surface area (Å²) in [5.41, 5.74) is 1.17. The Labute approximate surface area is 166 Å². The molecule has 0 amide bonds. The van der Waals surface area contributed by atoms with Crippen molar-refractivity contribution in [3.05, 3.63) is 52.6 Å². The van der Waals surface area contributed by atoms with Crippen LogP contribution in [0.2, 0.25) is 0 Å². The zero-order chi connectivity index (χ0) is 20.1. The molecule has 0 radical (unpaired) electrons. The van der Waals surface area contributed by atoms with Crippen molar-refractivity contribution >= 4 is 11.5 Å². The van der Waals surface area contributed by atoms with Crippen LogP contribution in [0.15, 0.2) is 42.5 Å². The zero-order valence-electron chi connectivity index (χ0n) is 16.8. The number of nitrogens with one attached hydrogen (secondary N) is 1. The Bertz CT molecular complexity index is 789. The van der Waals surface area contributed by atoms with Gasteiger partial charge in [-0.25, -0.2) is 4.98 Å². The Hall–Kier alpha value is -2.51. The number of anilines is 1. The predicted octanol–water partition coefficient (Wildman–Crippen LogP) is 3.34. The van der Waals surface area contributed by atoms with Gasteiger partial charge >= 0.3 is 0 Å². The molecule has 3 rings (SSSR count). The van der Waals surface area contributed by atoms with Gasteiger partial charge in [-0.3, -0.25) is 15.0 Å². The summed E-state index contributed by atoms with van der Waals surface area (Å²) in [6.45, 7) is 9.52. The molecule has 28 heavy (non-hydrogen) atoms. The molecule has 0 spiro atoms. The van der Waals surface area contributed by atoms with Gasteiger partial charge in [-0.15, -0.1) is 0 Å². The van der Waals surface area contributed by atoms with E-state index in [9.17, 15) is 10.1 Å². The molecule has 0 saturated carbocycles. The Balaban J connectivity index is 1.77. The highest BCUT2D eigenvalue weighted by Gasteiger charge is 2.25. The second kappa shape index (κ2) is 9.12. The molecule has 1 saturated heterocycles. The normalized spacial score (nSPS) is 16.9. The van der Waals surface area contributed by atoms with E-state index in [1.807, 2.05) is 30.3 Å². The number of hydrogen-bond donors (Lipinski definition) is 1. The summed E-state index contributed by atoms with van der Waals surface area (Å²) in [7, 11) is 2.16. The molecule has 1 aliphatic heterocycles. The first-order valence-corrected chi connectivity index (χ1v) is 9.83. The second-order valence-corrected chi connectivity index (χ2v) is 7.72. The summed E-state index contributed by atoms with van der Waals surface area (Å²) in [4.78, 5) is 20.5. The van der Waals surface area contributed by atoms with Crippen molar-refractivity contribution in [3.63, 3.8) is 0 Å². The van der Waals surface area contributed by atoms with Crippen molar-refractivity contribution in [2.24, 2.45) is 5.92 Å². The van der Waals surface area contributed by atoms with E-state index in [-0.39, 0.29) is 10.6 Å². The number of aromatic nitrogens is 1. The number of rotatable bonds is 7. The maximum Gasteiger partial charge on any atom is 0.295 e. The van der Waals surface area contributed by atoms with Crippen molar-refractivity contribution in [1.82, 2.24) is 14.8 Å². The molecule has 0 aliphatic carbocycles. The average Bonchev–Trinajstić information content (AvgIpc) is 2.69. The van der Waals surface area contributed by atoms with E-state index in [2.05, 4.69) is 41.0 Å². The third kappa shape index (κ3) is 4.85. The number of hydrogen-bond acceptors (Lipinski definition) is 6. The van der Waals surface area contributed by atoms with Gasteiger partial charge in [-0.05, 0) is 19.0 Å². The first-order chi connectivity index (χ1) is 13.5. The number of pyridine rings is 1.